The standard InChI is InChI=1S/C20H21BrFN3O2S/c1-23-8-10-24(11-9-23)14-16-13-18(3-4-19(16)21)28(26,27)25-7-6-15-12-17(22)2-5-20(15)25/h2-7,12-13H,8-11,14H2,1H3. The maximum atomic E-state index is 13.4. The Labute approximate surface area is 172 Å². The summed E-state index contributed by atoms with van der Waals surface area (Å²) in [6, 6.07) is 10.8. The van der Waals surface area contributed by atoms with Crippen LogP contribution in [0.4, 0.5) is 4.39 Å². The number of hydrogen-bond donors (Lipinski definition) is 0. The Bertz CT molecular complexity index is 1120. The lowest BCUT2D eigenvalue weighted by molar-refractivity contribution is 0.148. The minimum Gasteiger partial charge on any atom is -0.304 e. The molecule has 2 heterocycles. The van der Waals surface area contributed by atoms with Crippen molar-refractivity contribution in [1.82, 2.24) is 13.8 Å². The lowest BCUT2D eigenvalue weighted by atomic mass is 10.2. The quantitative estimate of drug-likeness (QED) is 0.591. The van der Waals surface area contributed by atoms with E-state index in [9.17, 15) is 12.8 Å². The fourth-order valence-electron chi connectivity index (χ4n) is 3.49. The summed E-state index contributed by atoms with van der Waals surface area (Å²) >= 11 is 3.55. The molecule has 5 nitrogen and oxygen atoms in total. The fourth-order valence-corrected chi connectivity index (χ4v) is 5.27. The molecule has 0 atom stereocenters. The van der Waals surface area contributed by atoms with Crippen molar-refractivity contribution in [3.8, 4) is 0 Å². The van der Waals surface area contributed by atoms with E-state index in [1.165, 1.54) is 28.4 Å². The molecule has 148 valence electrons. The van der Waals surface area contributed by atoms with Gasteiger partial charge in [0.15, 0.2) is 0 Å². The van der Waals surface area contributed by atoms with Crippen LogP contribution < -0.4 is 0 Å². The first-order valence-corrected chi connectivity index (χ1v) is 11.3. The molecule has 1 aromatic heterocycles. The van der Waals surface area contributed by atoms with Crippen LogP contribution in [-0.4, -0.2) is 55.4 Å². The molecule has 0 amide bonds. The molecule has 4 rings (SSSR count). The Hall–Kier alpha value is -1.74. The molecule has 0 aliphatic carbocycles. The van der Waals surface area contributed by atoms with Gasteiger partial charge in [0.05, 0.1) is 10.4 Å². The number of hydrogen-bond acceptors (Lipinski definition) is 4. The number of likely N-dealkylation sites (N-methyl/N-ethyl adjacent to an activating group) is 1. The topological polar surface area (TPSA) is 45.6 Å². The van der Waals surface area contributed by atoms with Crippen molar-refractivity contribution in [3.63, 3.8) is 0 Å². The molecule has 0 N–H and O–H groups in total. The predicted octanol–water partition coefficient (Wildman–Crippen LogP) is 3.53. The fraction of sp³-hybridized carbons (Fsp3) is 0.300. The van der Waals surface area contributed by atoms with Gasteiger partial charge < -0.3 is 4.90 Å². The molecular weight excluding hydrogens is 445 g/mol. The first-order valence-electron chi connectivity index (χ1n) is 9.06. The second-order valence-electron chi connectivity index (χ2n) is 7.15. The van der Waals surface area contributed by atoms with Gasteiger partial charge >= 0.3 is 0 Å². The highest BCUT2D eigenvalue weighted by Gasteiger charge is 2.21. The zero-order valence-corrected chi connectivity index (χ0v) is 17.9. The number of nitrogens with zero attached hydrogens (tertiary/aromatic N) is 3. The molecule has 28 heavy (non-hydrogen) atoms. The van der Waals surface area contributed by atoms with Crippen LogP contribution in [-0.2, 0) is 16.6 Å². The zero-order valence-electron chi connectivity index (χ0n) is 15.5. The molecule has 8 heteroatoms. The lowest BCUT2D eigenvalue weighted by Crippen LogP contribution is -2.43. The molecule has 0 bridgehead atoms. The number of piperazine rings is 1. The van der Waals surface area contributed by atoms with Gasteiger partial charge in [0.2, 0.25) is 0 Å². The van der Waals surface area contributed by atoms with E-state index in [4.69, 9.17) is 0 Å². The number of benzene rings is 2. The van der Waals surface area contributed by atoms with Crippen LogP contribution in [0, 0.1) is 5.82 Å². The summed E-state index contributed by atoms with van der Waals surface area (Å²) in [4.78, 5) is 4.83. The number of aromatic nitrogens is 1. The van der Waals surface area contributed by atoms with Crippen LogP contribution in [0.15, 0.2) is 58.0 Å². The summed E-state index contributed by atoms with van der Waals surface area (Å²) in [7, 11) is -1.67. The van der Waals surface area contributed by atoms with Crippen molar-refractivity contribution < 1.29 is 12.8 Å². The van der Waals surface area contributed by atoms with Crippen LogP contribution in [0.5, 0.6) is 0 Å². The van der Waals surface area contributed by atoms with E-state index in [0.717, 1.165) is 36.2 Å². The second-order valence-corrected chi connectivity index (χ2v) is 9.82. The van der Waals surface area contributed by atoms with Crippen LogP contribution in [0.2, 0.25) is 0 Å². The third-order valence-electron chi connectivity index (χ3n) is 5.18. The van der Waals surface area contributed by atoms with Crippen molar-refractivity contribution in [2.24, 2.45) is 0 Å². The number of fused-ring (bicyclic) bond motifs is 1. The Balaban J connectivity index is 1.68. The van der Waals surface area contributed by atoms with Crippen LogP contribution >= 0.6 is 15.9 Å². The molecule has 1 aliphatic heterocycles. The van der Waals surface area contributed by atoms with Crippen molar-refractivity contribution in [1.29, 1.82) is 0 Å². The van der Waals surface area contributed by atoms with Gasteiger partial charge in [0.25, 0.3) is 10.0 Å². The van der Waals surface area contributed by atoms with Crippen molar-refractivity contribution in [2.45, 2.75) is 11.4 Å². The Morgan fingerprint density at radius 3 is 2.54 bits per heavy atom. The van der Waals surface area contributed by atoms with Crippen LogP contribution in [0.3, 0.4) is 0 Å². The van der Waals surface area contributed by atoms with Gasteiger partial charge in [-0.15, -0.1) is 0 Å². The Morgan fingerprint density at radius 1 is 1.04 bits per heavy atom. The maximum Gasteiger partial charge on any atom is 0.268 e. The van der Waals surface area contributed by atoms with Crippen molar-refractivity contribution in [3.05, 3.63) is 64.5 Å². The summed E-state index contributed by atoms with van der Waals surface area (Å²) in [5, 5.41) is 0.554. The third kappa shape index (κ3) is 3.74. The summed E-state index contributed by atoms with van der Waals surface area (Å²) in [6.07, 6.45) is 1.47. The van der Waals surface area contributed by atoms with E-state index in [-0.39, 0.29) is 10.7 Å². The Kier molecular flexibility index (Phi) is 5.30. The van der Waals surface area contributed by atoms with Gasteiger partial charge in [-0.05, 0) is 55.1 Å². The first-order chi connectivity index (χ1) is 13.3. The van der Waals surface area contributed by atoms with E-state index >= 15 is 0 Å². The highest BCUT2D eigenvalue weighted by molar-refractivity contribution is 9.10. The summed E-state index contributed by atoms with van der Waals surface area (Å²) in [6.45, 7) is 4.60. The van der Waals surface area contributed by atoms with Crippen LogP contribution in [0.25, 0.3) is 10.9 Å². The van der Waals surface area contributed by atoms with E-state index in [2.05, 4.69) is 32.8 Å². The number of rotatable bonds is 4. The van der Waals surface area contributed by atoms with Gasteiger partial charge in [-0.25, -0.2) is 16.8 Å². The minimum atomic E-state index is -3.78. The molecular formula is C20H21BrFN3O2S. The van der Waals surface area contributed by atoms with Crippen LogP contribution in [0.1, 0.15) is 5.56 Å². The first kappa shape index (κ1) is 19.6. The molecule has 0 spiro atoms. The summed E-state index contributed by atoms with van der Waals surface area (Å²) in [5.74, 6) is -0.388. The zero-order chi connectivity index (χ0) is 19.9. The molecule has 1 fully saturated rings. The molecule has 0 unspecified atom stereocenters. The smallest absolute Gasteiger partial charge is 0.268 e. The van der Waals surface area contributed by atoms with Gasteiger partial charge in [-0.3, -0.25) is 4.90 Å². The third-order valence-corrected chi connectivity index (χ3v) is 7.64. The minimum absolute atomic E-state index is 0.224. The highest BCUT2D eigenvalue weighted by atomic mass is 79.9. The largest absolute Gasteiger partial charge is 0.304 e. The summed E-state index contributed by atoms with van der Waals surface area (Å²) < 4.78 is 42.0. The Morgan fingerprint density at radius 2 is 1.79 bits per heavy atom. The van der Waals surface area contributed by atoms with E-state index in [1.807, 2.05) is 0 Å². The SMILES string of the molecule is CN1CCN(Cc2cc(S(=O)(=O)n3ccc4cc(F)ccc43)ccc2Br)CC1. The molecule has 3 aromatic rings. The normalized spacial score (nSPS) is 16.7. The van der Waals surface area contributed by atoms with Gasteiger partial charge in [0, 0.05) is 48.8 Å². The molecule has 2 aromatic carbocycles. The average molecular weight is 466 g/mol. The molecule has 0 radical (unpaired) electrons. The maximum absolute atomic E-state index is 13.4. The van der Waals surface area contributed by atoms with Crippen molar-refractivity contribution in [2.75, 3.05) is 33.2 Å². The lowest BCUT2D eigenvalue weighted by Gasteiger charge is -2.32. The van der Waals surface area contributed by atoms with Crippen molar-refractivity contribution >= 4 is 36.9 Å². The van der Waals surface area contributed by atoms with Gasteiger partial charge in [-0.2, -0.15) is 0 Å². The predicted molar refractivity (Wildman–Crippen MR) is 111 cm³/mol. The monoisotopic (exact) mass is 465 g/mol. The molecule has 0 saturated carbocycles. The molecule has 1 saturated heterocycles. The average Bonchev–Trinajstić information content (AvgIpc) is 3.09. The summed E-state index contributed by atoms with van der Waals surface area (Å²) in [5.41, 5.74) is 1.40. The number of halogens is 2. The van der Waals surface area contributed by atoms with Gasteiger partial charge in [-0.1, -0.05) is 15.9 Å². The van der Waals surface area contributed by atoms with E-state index in [1.54, 1.807) is 24.3 Å². The van der Waals surface area contributed by atoms with E-state index in [0.29, 0.717) is 17.4 Å². The second kappa shape index (κ2) is 7.59. The highest BCUT2D eigenvalue weighted by Crippen LogP contribution is 2.27. The van der Waals surface area contributed by atoms with E-state index < -0.39 is 10.0 Å². The van der Waals surface area contributed by atoms with Gasteiger partial charge in [0.1, 0.15) is 5.82 Å². The molecule has 1 aliphatic rings.